The molecule has 0 amide bonds. The van der Waals surface area contributed by atoms with Crippen LogP contribution in [0.3, 0.4) is 0 Å². The summed E-state index contributed by atoms with van der Waals surface area (Å²) in [6.45, 7) is 4.02. The summed E-state index contributed by atoms with van der Waals surface area (Å²) >= 11 is 3.41. The summed E-state index contributed by atoms with van der Waals surface area (Å²) < 4.78 is 13.8. The van der Waals surface area contributed by atoms with Crippen molar-refractivity contribution in [3.05, 3.63) is 76.5 Å². The van der Waals surface area contributed by atoms with Crippen LogP contribution in [0.5, 0.6) is 0 Å². The molecule has 80 valence electrons. The van der Waals surface area contributed by atoms with Crippen molar-refractivity contribution >= 4 is 21.5 Å². The fourth-order valence-electron chi connectivity index (χ4n) is 1.49. The Bertz CT molecular complexity index is 515. The quantitative estimate of drug-likeness (QED) is 0.749. The maximum absolute atomic E-state index is 12.8. The highest BCUT2D eigenvalue weighted by Crippen LogP contribution is 2.24. The van der Waals surface area contributed by atoms with E-state index in [2.05, 4.69) is 22.5 Å². The molecule has 2 aromatic carbocycles. The lowest BCUT2D eigenvalue weighted by molar-refractivity contribution is 0.627. The van der Waals surface area contributed by atoms with Gasteiger partial charge in [-0.05, 0) is 41.0 Å². The molecular formula is C14H10BrF. The highest BCUT2D eigenvalue weighted by molar-refractivity contribution is 9.10. The standard InChI is InChI=1S/C14H10BrF/c1-10(11-5-7-14(16)8-6-11)12-3-2-4-13(15)9-12/h2-9H,1H2. The SMILES string of the molecule is C=C(c1ccc(F)cc1)c1cccc(Br)c1. The summed E-state index contributed by atoms with van der Waals surface area (Å²) in [6, 6.07) is 14.2. The summed E-state index contributed by atoms with van der Waals surface area (Å²) in [5.41, 5.74) is 2.85. The third kappa shape index (κ3) is 2.39. The second kappa shape index (κ2) is 4.62. The second-order valence-electron chi connectivity index (χ2n) is 3.50. The van der Waals surface area contributed by atoms with E-state index in [9.17, 15) is 4.39 Å². The van der Waals surface area contributed by atoms with E-state index in [-0.39, 0.29) is 5.82 Å². The van der Waals surface area contributed by atoms with Gasteiger partial charge in [0.1, 0.15) is 5.82 Å². The molecule has 0 bridgehead atoms. The molecule has 0 aliphatic carbocycles. The Labute approximate surface area is 103 Å². The molecule has 0 nitrogen and oxygen atoms in total. The zero-order valence-corrected chi connectivity index (χ0v) is 10.2. The molecule has 0 aliphatic heterocycles. The Morgan fingerprint density at radius 2 is 1.69 bits per heavy atom. The first kappa shape index (κ1) is 11.1. The van der Waals surface area contributed by atoms with Gasteiger partial charge in [0.05, 0.1) is 0 Å². The molecule has 0 atom stereocenters. The molecule has 0 spiro atoms. The average molecular weight is 277 g/mol. The van der Waals surface area contributed by atoms with Crippen molar-refractivity contribution in [1.29, 1.82) is 0 Å². The average Bonchev–Trinajstić information content (AvgIpc) is 2.29. The second-order valence-corrected chi connectivity index (χ2v) is 4.41. The van der Waals surface area contributed by atoms with Crippen molar-refractivity contribution < 1.29 is 4.39 Å². The number of hydrogen-bond donors (Lipinski definition) is 0. The van der Waals surface area contributed by atoms with Crippen molar-refractivity contribution in [3.8, 4) is 0 Å². The number of rotatable bonds is 2. The van der Waals surface area contributed by atoms with E-state index < -0.39 is 0 Å². The van der Waals surface area contributed by atoms with Crippen molar-refractivity contribution in [2.75, 3.05) is 0 Å². The number of hydrogen-bond acceptors (Lipinski definition) is 0. The molecule has 2 heteroatoms. The smallest absolute Gasteiger partial charge is 0.123 e. The van der Waals surface area contributed by atoms with Crippen LogP contribution >= 0.6 is 15.9 Å². The molecule has 0 N–H and O–H groups in total. The van der Waals surface area contributed by atoms with Crippen LogP contribution in [0.4, 0.5) is 4.39 Å². The first-order chi connectivity index (χ1) is 7.66. The molecule has 0 aliphatic rings. The molecule has 16 heavy (non-hydrogen) atoms. The maximum atomic E-state index is 12.8. The van der Waals surface area contributed by atoms with Crippen LogP contribution in [-0.4, -0.2) is 0 Å². The molecule has 0 fully saturated rings. The summed E-state index contributed by atoms with van der Waals surface area (Å²) in [5, 5.41) is 0. The lowest BCUT2D eigenvalue weighted by Crippen LogP contribution is -1.86. The Morgan fingerprint density at radius 3 is 2.31 bits per heavy atom. The summed E-state index contributed by atoms with van der Waals surface area (Å²) in [4.78, 5) is 0. The predicted octanol–water partition coefficient (Wildman–Crippen LogP) is 4.65. The van der Waals surface area contributed by atoms with Crippen LogP contribution in [0.1, 0.15) is 11.1 Å². The van der Waals surface area contributed by atoms with Gasteiger partial charge in [-0.1, -0.05) is 46.8 Å². The molecular weight excluding hydrogens is 267 g/mol. The zero-order chi connectivity index (χ0) is 11.5. The van der Waals surface area contributed by atoms with Gasteiger partial charge in [0, 0.05) is 4.47 Å². The van der Waals surface area contributed by atoms with Gasteiger partial charge < -0.3 is 0 Å². The predicted molar refractivity (Wildman–Crippen MR) is 68.7 cm³/mol. The lowest BCUT2D eigenvalue weighted by Gasteiger charge is -2.06. The Balaban J connectivity index is 2.35. The van der Waals surface area contributed by atoms with E-state index in [1.54, 1.807) is 12.1 Å². The molecule has 0 aromatic heterocycles. The fraction of sp³-hybridized carbons (Fsp3) is 0. The number of halogens is 2. The van der Waals surface area contributed by atoms with Crippen molar-refractivity contribution in [2.24, 2.45) is 0 Å². The Morgan fingerprint density at radius 1 is 1.00 bits per heavy atom. The van der Waals surface area contributed by atoms with Gasteiger partial charge in [-0.25, -0.2) is 4.39 Å². The molecule has 0 saturated heterocycles. The van der Waals surface area contributed by atoms with Crippen molar-refractivity contribution in [1.82, 2.24) is 0 Å². The minimum atomic E-state index is -0.231. The third-order valence-electron chi connectivity index (χ3n) is 2.37. The van der Waals surface area contributed by atoms with E-state index in [1.807, 2.05) is 24.3 Å². The largest absolute Gasteiger partial charge is 0.207 e. The van der Waals surface area contributed by atoms with Gasteiger partial charge in [0.15, 0.2) is 0 Å². The third-order valence-corrected chi connectivity index (χ3v) is 2.86. The highest BCUT2D eigenvalue weighted by Gasteiger charge is 2.02. The molecule has 2 rings (SSSR count). The van der Waals surface area contributed by atoms with Crippen LogP contribution in [-0.2, 0) is 0 Å². The molecule has 0 unspecified atom stereocenters. The summed E-state index contributed by atoms with van der Waals surface area (Å²) in [5.74, 6) is -0.231. The minimum absolute atomic E-state index is 0.231. The van der Waals surface area contributed by atoms with Crippen molar-refractivity contribution in [2.45, 2.75) is 0 Å². The lowest BCUT2D eigenvalue weighted by atomic mass is 10.00. The monoisotopic (exact) mass is 276 g/mol. The summed E-state index contributed by atoms with van der Waals surface area (Å²) in [6.07, 6.45) is 0. The fourth-order valence-corrected chi connectivity index (χ4v) is 1.89. The van der Waals surface area contributed by atoms with Crippen molar-refractivity contribution in [3.63, 3.8) is 0 Å². The molecule has 0 radical (unpaired) electrons. The van der Waals surface area contributed by atoms with Crippen LogP contribution in [0, 0.1) is 5.82 Å². The minimum Gasteiger partial charge on any atom is -0.207 e. The van der Waals surface area contributed by atoms with Crippen LogP contribution in [0.15, 0.2) is 59.6 Å². The van der Waals surface area contributed by atoms with E-state index in [1.165, 1.54) is 12.1 Å². The van der Waals surface area contributed by atoms with E-state index >= 15 is 0 Å². The Hall–Kier alpha value is -1.41. The van der Waals surface area contributed by atoms with Gasteiger partial charge in [-0.15, -0.1) is 0 Å². The number of benzene rings is 2. The van der Waals surface area contributed by atoms with Gasteiger partial charge in [-0.2, -0.15) is 0 Å². The maximum Gasteiger partial charge on any atom is 0.123 e. The molecule has 2 aromatic rings. The van der Waals surface area contributed by atoms with Gasteiger partial charge in [-0.3, -0.25) is 0 Å². The van der Waals surface area contributed by atoms with Crippen LogP contribution in [0.25, 0.3) is 5.57 Å². The van der Waals surface area contributed by atoms with Crippen LogP contribution < -0.4 is 0 Å². The first-order valence-corrected chi connectivity index (χ1v) is 5.67. The highest BCUT2D eigenvalue weighted by atomic mass is 79.9. The van der Waals surface area contributed by atoms with Gasteiger partial charge in [0.2, 0.25) is 0 Å². The van der Waals surface area contributed by atoms with E-state index in [4.69, 9.17) is 0 Å². The van der Waals surface area contributed by atoms with E-state index in [0.717, 1.165) is 21.2 Å². The normalized spacial score (nSPS) is 10.1. The zero-order valence-electron chi connectivity index (χ0n) is 8.58. The molecule has 0 heterocycles. The van der Waals surface area contributed by atoms with Gasteiger partial charge >= 0.3 is 0 Å². The summed E-state index contributed by atoms with van der Waals surface area (Å²) in [7, 11) is 0. The van der Waals surface area contributed by atoms with Crippen LogP contribution in [0.2, 0.25) is 0 Å². The van der Waals surface area contributed by atoms with E-state index in [0.29, 0.717) is 0 Å². The molecule has 0 saturated carbocycles. The van der Waals surface area contributed by atoms with Gasteiger partial charge in [0.25, 0.3) is 0 Å². The first-order valence-electron chi connectivity index (χ1n) is 4.87. The topological polar surface area (TPSA) is 0 Å². The Kier molecular flexibility index (Phi) is 3.20.